The Labute approximate surface area is 103 Å². The van der Waals surface area contributed by atoms with Crippen molar-refractivity contribution in [3.63, 3.8) is 0 Å². The molecule has 0 aliphatic heterocycles. The fourth-order valence-corrected chi connectivity index (χ4v) is 1.77. The molecule has 0 N–H and O–H groups in total. The maximum absolute atomic E-state index is 11.2. The van der Waals surface area contributed by atoms with Crippen molar-refractivity contribution in [3.05, 3.63) is 27.3 Å². The first-order chi connectivity index (χ1) is 7.17. The lowest BCUT2D eigenvalue weighted by atomic mass is 10.1. The Morgan fingerprint density at radius 2 is 2.20 bits per heavy atom. The minimum atomic E-state index is -0.252. The van der Waals surface area contributed by atoms with Gasteiger partial charge in [0.1, 0.15) is 5.75 Å². The van der Waals surface area contributed by atoms with Gasteiger partial charge in [-0.3, -0.25) is 4.79 Å². The summed E-state index contributed by atoms with van der Waals surface area (Å²) in [6.07, 6.45) is 0.253. The third kappa shape index (κ3) is 3.70. The van der Waals surface area contributed by atoms with E-state index in [2.05, 4.69) is 27.3 Å². The zero-order valence-electron chi connectivity index (χ0n) is 8.75. The summed E-state index contributed by atoms with van der Waals surface area (Å²) in [5.74, 6) is 0.501. The first kappa shape index (κ1) is 12.3. The van der Waals surface area contributed by atoms with Gasteiger partial charge in [0, 0.05) is 9.13 Å². The molecule has 0 bridgehead atoms. The molecule has 0 spiro atoms. The lowest BCUT2D eigenvalue weighted by Crippen LogP contribution is -2.07. The highest BCUT2D eigenvalue weighted by atomic mass is 127. The second kappa shape index (κ2) is 5.95. The minimum Gasteiger partial charge on any atom is -0.494 e. The van der Waals surface area contributed by atoms with Gasteiger partial charge in [0.25, 0.3) is 0 Å². The van der Waals surface area contributed by atoms with Crippen molar-refractivity contribution in [2.45, 2.75) is 13.3 Å². The van der Waals surface area contributed by atoms with Gasteiger partial charge in [0.15, 0.2) is 0 Å². The molecular formula is C11H13IO3. The van der Waals surface area contributed by atoms with E-state index in [0.29, 0.717) is 6.61 Å². The molecule has 0 aromatic heterocycles. The average Bonchev–Trinajstić information content (AvgIpc) is 2.22. The predicted molar refractivity (Wildman–Crippen MR) is 66.0 cm³/mol. The average molecular weight is 320 g/mol. The number of carbonyl (C=O) groups excluding carboxylic acids is 1. The van der Waals surface area contributed by atoms with Gasteiger partial charge >= 0.3 is 5.97 Å². The number of hydrogen-bond acceptors (Lipinski definition) is 3. The molecule has 0 saturated carbocycles. The Hall–Kier alpha value is -0.780. The van der Waals surface area contributed by atoms with Crippen LogP contribution in [0.15, 0.2) is 18.2 Å². The van der Waals surface area contributed by atoms with E-state index < -0.39 is 0 Å². The van der Waals surface area contributed by atoms with Gasteiger partial charge in [0.05, 0.1) is 20.1 Å². The fraction of sp³-hybridized carbons (Fsp3) is 0.364. The van der Waals surface area contributed by atoms with Gasteiger partial charge in [-0.2, -0.15) is 0 Å². The lowest BCUT2D eigenvalue weighted by molar-refractivity contribution is -0.139. The summed E-state index contributed by atoms with van der Waals surface area (Å²) in [5.41, 5.74) is 0.871. The Morgan fingerprint density at radius 1 is 1.47 bits per heavy atom. The van der Waals surface area contributed by atoms with E-state index in [9.17, 15) is 4.79 Å². The molecule has 0 radical (unpaired) electrons. The lowest BCUT2D eigenvalue weighted by Gasteiger charge is -2.09. The van der Waals surface area contributed by atoms with Crippen LogP contribution in [0.2, 0.25) is 0 Å². The fourth-order valence-electron chi connectivity index (χ4n) is 1.21. The maximum Gasteiger partial charge on any atom is 0.310 e. The predicted octanol–water partition coefficient (Wildman–Crippen LogP) is 2.41. The molecule has 0 atom stereocenters. The molecule has 0 fully saturated rings. The normalized spacial score (nSPS) is 9.80. The molecule has 0 amide bonds. The van der Waals surface area contributed by atoms with Crippen molar-refractivity contribution < 1.29 is 14.3 Å². The van der Waals surface area contributed by atoms with E-state index in [-0.39, 0.29) is 12.4 Å². The van der Waals surface area contributed by atoms with Gasteiger partial charge in [-0.1, -0.05) is 0 Å². The highest BCUT2D eigenvalue weighted by Crippen LogP contribution is 2.22. The van der Waals surface area contributed by atoms with Crippen LogP contribution < -0.4 is 4.74 Å². The van der Waals surface area contributed by atoms with Crippen LogP contribution in [0.25, 0.3) is 0 Å². The zero-order valence-corrected chi connectivity index (χ0v) is 10.9. The summed E-state index contributed by atoms with van der Waals surface area (Å²) >= 11 is 2.20. The largest absolute Gasteiger partial charge is 0.494 e. The van der Waals surface area contributed by atoms with Gasteiger partial charge in [-0.15, -0.1) is 0 Å². The number of hydrogen-bond donors (Lipinski definition) is 0. The van der Waals surface area contributed by atoms with E-state index in [4.69, 9.17) is 4.74 Å². The van der Waals surface area contributed by atoms with E-state index in [1.165, 1.54) is 7.11 Å². The molecule has 0 heterocycles. The second-order valence-corrected chi connectivity index (χ2v) is 4.18. The van der Waals surface area contributed by atoms with E-state index in [0.717, 1.165) is 14.9 Å². The first-order valence-corrected chi connectivity index (χ1v) is 5.73. The summed E-state index contributed by atoms with van der Waals surface area (Å²) in [7, 11) is 1.39. The first-order valence-electron chi connectivity index (χ1n) is 4.65. The Balaban J connectivity index is 2.91. The number of esters is 1. The Bertz CT molecular complexity index is 350. The third-order valence-electron chi connectivity index (χ3n) is 1.88. The quantitative estimate of drug-likeness (QED) is 0.631. The van der Waals surface area contributed by atoms with Crippen molar-refractivity contribution in [3.8, 4) is 5.75 Å². The molecule has 15 heavy (non-hydrogen) atoms. The van der Waals surface area contributed by atoms with E-state index in [1.807, 2.05) is 25.1 Å². The van der Waals surface area contributed by atoms with Crippen molar-refractivity contribution in [1.82, 2.24) is 0 Å². The molecule has 0 unspecified atom stereocenters. The van der Waals surface area contributed by atoms with Crippen molar-refractivity contribution in [2.24, 2.45) is 0 Å². The molecule has 4 heteroatoms. The summed E-state index contributed by atoms with van der Waals surface area (Å²) in [6.45, 7) is 2.51. The van der Waals surface area contributed by atoms with Crippen molar-refractivity contribution in [2.75, 3.05) is 13.7 Å². The van der Waals surface area contributed by atoms with Crippen LogP contribution in [-0.2, 0) is 16.0 Å². The van der Waals surface area contributed by atoms with Crippen molar-refractivity contribution in [1.29, 1.82) is 0 Å². The molecule has 0 aliphatic rings. The highest BCUT2D eigenvalue weighted by molar-refractivity contribution is 14.1. The van der Waals surface area contributed by atoms with Crippen molar-refractivity contribution >= 4 is 28.6 Å². The molecule has 0 aliphatic carbocycles. The minimum absolute atomic E-state index is 0.252. The van der Waals surface area contributed by atoms with Crippen LogP contribution in [0, 0.1) is 3.57 Å². The number of ether oxygens (including phenoxy) is 2. The van der Waals surface area contributed by atoms with Crippen LogP contribution in [0.5, 0.6) is 5.75 Å². The monoisotopic (exact) mass is 320 g/mol. The Kier molecular flexibility index (Phi) is 4.87. The summed E-state index contributed by atoms with van der Waals surface area (Å²) < 4.78 is 11.1. The van der Waals surface area contributed by atoms with Gasteiger partial charge in [-0.05, 0) is 47.7 Å². The van der Waals surface area contributed by atoms with E-state index in [1.54, 1.807) is 0 Å². The molecule has 3 nitrogen and oxygen atoms in total. The van der Waals surface area contributed by atoms with Crippen LogP contribution in [0.1, 0.15) is 12.5 Å². The smallest absolute Gasteiger partial charge is 0.310 e. The van der Waals surface area contributed by atoms with Crippen LogP contribution in [0.4, 0.5) is 0 Å². The van der Waals surface area contributed by atoms with Gasteiger partial charge in [0.2, 0.25) is 0 Å². The van der Waals surface area contributed by atoms with Gasteiger partial charge < -0.3 is 9.47 Å². The van der Waals surface area contributed by atoms with Crippen LogP contribution in [-0.4, -0.2) is 19.7 Å². The summed E-state index contributed by atoms with van der Waals surface area (Å²) in [5, 5.41) is 0. The number of methoxy groups -OCH3 is 1. The number of carbonyl (C=O) groups is 1. The molecule has 1 aromatic rings. The number of halogens is 1. The van der Waals surface area contributed by atoms with Gasteiger partial charge in [-0.25, -0.2) is 0 Å². The SMILES string of the molecule is CCOc1ccc(I)cc1CC(=O)OC. The molecule has 0 saturated heterocycles. The summed E-state index contributed by atoms with van der Waals surface area (Å²) in [4.78, 5) is 11.2. The standard InChI is InChI=1S/C11H13IO3/c1-3-15-10-5-4-9(12)6-8(10)7-11(13)14-2/h4-6H,3,7H2,1-2H3. The van der Waals surface area contributed by atoms with Crippen LogP contribution in [0.3, 0.4) is 0 Å². The molecule has 1 aromatic carbocycles. The molecule has 82 valence electrons. The number of rotatable bonds is 4. The molecular weight excluding hydrogens is 307 g/mol. The molecule has 1 rings (SSSR count). The second-order valence-electron chi connectivity index (χ2n) is 2.94. The number of benzene rings is 1. The Morgan fingerprint density at radius 3 is 2.80 bits per heavy atom. The van der Waals surface area contributed by atoms with Crippen LogP contribution >= 0.6 is 22.6 Å². The topological polar surface area (TPSA) is 35.5 Å². The zero-order chi connectivity index (χ0) is 11.3. The van der Waals surface area contributed by atoms with E-state index >= 15 is 0 Å². The third-order valence-corrected chi connectivity index (χ3v) is 2.56. The summed E-state index contributed by atoms with van der Waals surface area (Å²) in [6, 6.07) is 5.76. The maximum atomic E-state index is 11.2. The highest BCUT2D eigenvalue weighted by Gasteiger charge is 2.09.